The molecule has 1 aromatic heterocycles. The Balaban J connectivity index is 1.33. The van der Waals surface area contributed by atoms with Crippen molar-refractivity contribution in [2.24, 2.45) is 0 Å². The molecule has 0 aliphatic carbocycles. The summed E-state index contributed by atoms with van der Waals surface area (Å²) in [5.41, 5.74) is 2.63. The van der Waals surface area contributed by atoms with Gasteiger partial charge in [0.1, 0.15) is 18.7 Å². The van der Waals surface area contributed by atoms with Crippen LogP contribution in [-0.2, 0) is 41.6 Å². The standard InChI is InChI=1S/C29H33N3O7/c1-36-27(34)24(16-21-17-30-23-11-6-5-10-22(21)23)31-26(33)25-12-13-29(38-14-7-15-39-29)19-32(25)28(35)37-18-20-8-3-2-4-9-20/h2-6,8-11,17,24-25,30H,7,12-16,18-19H2,1H3,(H,31,33)/t24-,25?/m1/s1. The van der Waals surface area contributed by atoms with Crippen molar-refractivity contribution in [1.82, 2.24) is 15.2 Å². The average Bonchev–Trinajstić information content (AvgIpc) is 3.38. The number of carbonyl (C=O) groups excluding carboxylic acids is 3. The number of hydrogen-bond acceptors (Lipinski definition) is 7. The molecule has 2 saturated heterocycles. The zero-order valence-electron chi connectivity index (χ0n) is 21.9. The summed E-state index contributed by atoms with van der Waals surface area (Å²) in [4.78, 5) is 44.2. The van der Waals surface area contributed by atoms with Crippen LogP contribution >= 0.6 is 0 Å². The van der Waals surface area contributed by atoms with Gasteiger partial charge >= 0.3 is 12.1 Å². The second-order valence-corrected chi connectivity index (χ2v) is 9.83. The highest BCUT2D eigenvalue weighted by molar-refractivity contribution is 5.91. The molecule has 0 bridgehead atoms. The molecule has 2 aromatic carbocycles. The van der Waals surface area contributed by atoms with E-state index in [0.717, 1.165) is 28.5 Å². The molecule has 2 aliphatic rings. The molecule has 1 spiro atoms. The maximum atomic E-state index is 13.6. The van der Waals surface area contributed by atoms with E-state index in [1.54, 1.807) is 0 Å². The van der Waals surface area contributed by atoms with Crippen LogP contribution < -0.4 is 5.32 Å². The molecular weight excluding hydrogens is 502 g/mol. The maximum absolute atomic E-state index is 13.6. The van der Waals surface area contributed by atoms with Crippen molar-refractivity contribution in [3.8, 4) is 0 Å². The molecule has 206 valence electrons. The highest BCUT2D eigenvalue weighted by Crippen LogP contribution is 2.33. The highest BCUT2D eigenvalue weighted by atomic mass is 16.7. The molecule has 10 nitrogen and oxygen atoms in total. The Bertz CT molecular complexity index is 1300. The minimum absolute atomic E-state index is 0.0457. The minimum Gasteiger partial charge on any atom is -0.467 e. The Morgan fingerprint density at radius 2 is 1.85 bits per heavy atom. The number of aromatic nitrogens is 1. The second kappa shape index (κ2) is 11.9. The number of rotatable bonds is 7. The van der Waals surface area contributed by atoms with Gasteiger partial charge in [0.2, 0.25) is 5.91 Å². The lowest BCUT2D eigenvalue weighted by Crippen LogP contribution is -2.63. The van der Waals surface area contributed by atoms with Gasteiger partial charge in [-0.25, -0.2) is 9.59 Å². The van der Waals surface area contributed by atoms with Crippen molar-refractivity contribution in [1.29, 1.82) is 0 Å². The number of benzene rings is 2. The smallest absolute Gasteiger partial charge is 0.410 e. The second-order valence-electron chi connectivity index (χ2n) is 9.83. The zero-order valence-corrected chi connectivity index (χ0v) is 21.9. The van der Waals surface area contributed by atoms with Crippen molar-refractivity contribution >= 4 is 28.9 Å². The average molecular weight is 536 g/mol. The van der Waals surface area contributed by atoms with Crippen LogP contribution in [0, 0.1) is 0 Å². The number of esters is 1. The summed E-state index contributed by atoms with van der Waals surface area (Å²) in [5, 5.41) is 3.79. The molecule has 2 amide bonds. The minimum atomic E-state index is -0.980. The summed E-state index contributed by atoms with van der Waals surface area (Å²) in [6.07, 6.45) is 2.87. The van der Waals surface area contributed by atoms with Crippen LogP contribution in [0.3, 0.4) is 0 Å². The number of H-pyrrole nitrogens is 1. The Morgan fingerprint density at radius 3 is 2.62 bits per heavy atom. The van der Waals surface area contributed by atoms with E-state index in [-0.39, 0.29) is 26.0 Å². The molecule has 2 aliphatic heterocycles. The van der Waals surface area contributed by atoms with Crippen molar-refractivity contribution < 1.29 is 33.3 Å². The number of hydrogen-bond donors (Lipinski definition) is 2. The summed E-state index contributed by atoms with van der Waals surface area (Å²) in [6.45, 7) is 1.13. The van der Waals surface area contributed by atoms with E-state index in [0.29, 0.717) is 19.6 Å². The van der Waals surface area contributed by atoms with Crippen LogP contribution in [0.5, 0.6) is 0 Å². The maximum Gasteiger partial charge on any atom is 0.410 e. The third-order valence-electron chi connectivity index (χ3n) is 7.25. The summed E-state index contributed by atoms with van der Waals surface area (Å²) < 4.78 is 22.5. The summed E-state index contributed by atoms with van der Waals surface area (Å²) in [7, 11) is 1.28. The predicted molar refractivity (Wildman–Crippen MR) is 142 cm³/mol. The molecular formula is C29H33N3O7. The normalized spacial score (nSPS) is 19.4. The fourth-order valence-corrected chi connectivity index (χ4v) is 5.20. The largest absolute Gasteiger partial charge is 0.467 e. The number of methoxy groups -OCH3 is 1. The molecule has 5 rings (SSSR count). The van der Waals surface area contributed by atoms with Crippen LogP contribution in [0.1, 0.15) is 30.4 Å². The molecule has 3 aromatic rings. The lowest BCUT2D eigenvalue weighted by Gasteiger charge is -2.46. The van der Waals surface area contributed by atoms with Crippen molar-refractivity contribution in [3.63, 3.8) is 0 Å². The summed E-state index contributed by atoms with van der Waals surface area (Å²) in [5.74, 6) is -2.02. The van der Waals surface area contributed by atoms with Gasteiger partial charge in [0.05, 0.1) is 26.9 Å². The van der Waals surface area contributed by atoms with Gasteiger partial charge in [0.25, 0.3) is 0 Å². The zero-order chi connectivity index (χ0) is 27.2. The van der Waals surface area contributed by atoms with Crippen molar-refractivity contribution in [2.75, 3.05) is 26.9 Å². The lowest BCUT2D eigenvalue weighted by molar-refractivity contribution is -0.286. The fraction of sp³-hybridized carbons (Fsp3) is 0.414. The number of aromatic amines is 1. The first kappa shape index (κ1) is 26.7. The van der Waals surface area contributed by atoms with Gasteiger partial charge in [0, 0.05) is 29.9 Å². The molecule has 2 atom stereocenters. The highest BCUT2D eigenvalue weighted by Gasteiger charge is 2.48. The number of likely N-dealkylation sites (tertiary alicyclic amines) is 1. The SMILES string of the molecule is COC(=O)[C@@H](Cc1c[nH]c2ccccc12)NC(=O)C1CCC2(CN1C(=O)OCc1ccccc1)OCCCO2. The van der Waals surface area contributed by atoms with E-state index in [1.807, 2.05) is 60.8 Å². The number of nitrogens with zero attached hydrogens (tertiary/aromatic N) is 1. The molecule has 1 unspecified atom stereocenters. The van der Waals surface area contributed by atoms with Gasteiger partial charge in [-0.2, -0.15) is 0 Å². The van der Waals surface area contributed by atoms with E-state index < -0.39 is 35.8 Å². The number of nitrogens with one attached hydrogen (secondary N) is 2. The Kier molecular flexibility index (Phi) is 8.13. The molecule has 39 heavy (non-hydrogen) atoms. The van der Waals surface area contributed by atoms with Crippen LogP contribution in [0.25, 0.3) is 10.9 Å². The van der Waals surface area contributed by atoms with E-state index in [1.165, 1.54) is 12.0 Å². The van der Waals surface area contributed by atoms with Crippen LogP contribution in [-0.4, -0.2) is 72.6 Å². The Morgan fingerprint density at radius 1 is 1.10 bits per heavy atom. The van der Waals surface area contributed by atoms with E-state index in [2.05, 4.69) is 10.3 Å². The van der Waals surface area contributed by atoms with Crippen LogP contribution in [0.15, 0.2) is 60.8 Å². The van der Waals surface area contributed by atoms with Gasteiger partial charge in [0.15, 0.2) is 5.79 Å². The fourth-order valence-electron chi connectivity index (χ4n) is 5.20. The Labute approximate surface area is 226 Å². The van der Waals surface area contributed by atoms with Gasteiger partial charge < -0.3 is 29.2 Å². The van der Waals surface area contributed by atoms with E-state index in [4.69, 9.17) is 18.9 Å². The molecule has 3 heterocycles. The van der Waals surface area contributed by atoms with Crippen molar-refractivity contribution in [3.05, 3.63) is 71.9 Å². The molecule has 0 saturated carbocycles. The number of fused-ring (bicyclic) bond motifs is 1. The number of carbonyl (C=O) groups is 3. The number of piperidine rings is 1. The molecule has 2 N–H and O–H groups in total. The van der Waals surface area contributed by atoms with E-state index in [9.17, 15) is 14.4 Å². The lowest BCUT2D eigenvalue weighted by atomic mass is 9.95. The van der Waals surface area contributed by atoms with Crippen molar-refractivity contribution in [2.45, 2.75) is 50.2 Å². The van der Waals surface area contributed by atoms with Crippen LogP contribution in [0.2, 0.25) is 0 Å². The van der Waals surface area contributed by atoms with Gasteiger partial charge in [-0.05, 0) is 30.0 Å². The number of para-hydroxylation sites is 1. The van der Waals surface area contributed by atoms with Crippen LogP contribution in [0.4, 0.5) is 4.79 Å². The molecule has 10 heteroatoms. The molecule has 0 radical (unpaired) electrons. The first-order valence-electron chi connectivity index (χ1n) is 13.2. The predicted octanol–water partition coefficient (Wildman–Crippen LogP) is 3.30. The van der Waals surface area contributed by atoms with Gasteiger partial charge in [-0.15, -0.1) is 0 Å². The first-order valence-corrected chi connectivity index (χ1v) is 13.2. The summed E-state index contributed by atoms with van der Waals surface area (Å²) in [6, 6.07) is 15.2. The van der Waals surface area contributed by atoms with E-state index >= 15 is 0 Å². The third-order valence-corrected chi connectivity index (χ3v) is 7.25. The number of amides is 2. The first-order chi connectivity index (χ1) is 19.0. The topological polar surface area (TPSA) is 119 Å². The third kappa shape index (κ3) is 6.07. The number of ether oxygens (including phenoxy) is 4. The van der Waals surface area contributed by atoms with Gasteiger partial charge in [-0.3, -0.25) is 9.69 Å². The van der Waals surface area contributed by atoms with Gasteiger partial charge in [-0.1, -0.05) is 48.5 Å². The Hall–Kier alpha value is -3.89. The monoisotopic (exact) mass is 535 g/mol. The quantitative estimate of drug-likeness (QED) is 0.446. The summed E-state index contributed by atoms with van der Waals surface area (Å²) >= 11 is 0. The molecule has 2 fully saturated rings.